The maximum absolute atomic E-state index is 12.9. The highest BCUT2D eigenvalue weighted by molar-refractivity contribution is 5.92. The van der Waals surface area contributed by atoms with Crippen molar-refractivity contribution in [2.24, 2.45) is 0 Å². The van der Waals surface area contributed by atoms with Crippen LogP contribution in [0, 0.1) is 6.92 Å². The van der Waals surface area contributed by atoms with E-state index < -0.39 is 0 Å². The molecule has 3 heterocycles. The molecule has 5 heteroatoms. The van der Waals surface area contributed by atoms with Crippen molar-refractivity contribution in [3.05, 3.63) is 60.1 Å². The molecule has 1 aromatic carbocycles. The van der Waals surface area contributed by atoms with Crippen LogP contribution in [0.15, 0.2) is 53.2 Å². The molecular weight excluding hydrogens is 314 g/mol. The summed E-state index contributed by atoms with van der Waals surface area (Å²) in [6.07, 6.45) is 6.75. The van der Waals surface area contributed by atoms with Crippen LogP contribution in [0.5, 0.6) is 0 Å². The SMILES string of the molecule is Cc1cc2cc(NC(=O)N3CCCC[C@@H]3c3cccnc3)ccc2o1. The smallest absolute Gasteiger partial charge is 0.322 e. The lowest BCUT2D eigenvalue weighted by atomic mass is 9.97. The number of carbonyl (C=O) groups excluding carboxylic acids is 1. The van der Waals surface area contributed by atoms with E-state index in [4.69, 9.17) is 4.42 Å². The average Bonchev–Trinajstić information content (AvgIpc) is 3.02. The number of piperidine rings is 1. The predicted molar refractivity (Wildman–Crippen MR) is 97.5 cm³/mol. The van der Waals surface area contributed by atoms with Crippen LogP contribution in [0.2, 0.25) is 0 Å². The molecule has 25 heavy (non-hydrogen) atoms. The van der Waals surface area contributed by atoms with Gasteiger partial charge >= 0.3 is 6.03 Å². The van der Waals surface area contributed by atoms with Gasteiger partial charge in [0.25, 0.3) is 0 Å². The number of nitrogens with zero attached hydrogens (tertiary/aromatic N) is 2. The first-order valence-electron chi connectivity index (χ1n) is 8.68. The molecule has 3 aromatic rings. The molecular formula is C20H21N3O2. The third-order valence-corrected chi connectivity index (χ3v) is 4.72. The van der Waals surface area contributed by atoms with Crippen molar-refractivity contribution in [3.8, 4) is 0 Å². The number of urea groups is 1. The zero-order chi connectivity index (χ0) is 17.2. The van der Waals surface area contributed by atoms with Gasteiger partial charge in [-0.15, -0.1) is 0 Å². The number of rotatable bonds is 2. The number of benzene rings is 1. The van der Waals surface area contributed by atoms with Gasteiger partial charge in [-0.1, -0.05) is 6.07 Å². The third kappa shape index (κ3) is 3.22. The van der Waals surface area contributed by atoms with E-state index in [-0.39, 0.29) is 12.1 Å². The normalized spacial score (nSPS) is 17.6. The molecule has 1 fully saturated rings. The monoisotopic (exact) mass is 335 g/mol. The molecule has 4 rings (SSSR count). The van der Waals surface area contributed by atoms with E-state index in [1.54, 1.807) is 6.20 Å². The van der Waals surface area contributed by atoms with Crippen LogP contribution in [-0.2, 0) is 0 Å². The number of aromatic nitrogens is 1. The van der Waals surface area contributed by atoms with E-state index >= 15 is 0 Å². The van der Waals surface area contributed by atoms with Crippen molar-refractivity contribution in [1.29, 1.82) is 0 Å². The van der Waals surface area contributed by atoms with Crippen molar-refractivity contribution < 1.29 is 9.21 Å². The van der Waals surface area contributed by atoms with Crippen LogP contribution in [0.4, 0.5) is 10.5 Å². The number of furan rings is 1. The van der Waals surface area contributed by atoms with Gasteiger partial charge in [-0.05, 0) is 62.1 Å². The molecule has 0 bridgehead atoms. The zero-order valence-corrected chi connectivity index (χ0v) is 14.2. The van der Waals surface area contributed by atoms with E-state index in [1.165, 1.54) is 0 Å². The number of anilines is 1. The lowest BCUT2D eigenvalue weighted by molar-refractivity contribution is 0.163. The fourth-order valence-electron chi connectivity index (χ4n) is 3.54. The van der Waals surface area contributed by atoms with Crippen molar-refractivity contribution in [2.45, 2.75) is 32.2 Å². The van der Waals surface area contributed by atoms with Gasteiger partial charge in [-0.2, -0.15) is 0 Å². The summed E-state index contributed by atoms with van der Waals surface area (Å²) in [6, 6.07) is 11.7. The Kier molecular flexibility index (Phi) is 4.14. The first kappa shape index (κ1) is 15.7. The van der Waals surface area contributed by atoms with Gasteiger partial charge in [-0.3, -0.25) is 4.98 Å². The standard InChI is InChI=1S/C20H21N3O2/c1-14-11-16-12-17(7-8-19(16)25-14)22-20(24)23-10-3-2-6-18(23)15-5-4-9-21-13-15/h4-5,7-9,11-13,18H,2-3,6,10H2,1H3,(H,22,24)/t18-/m1/s1. The van der Waals surface area contributed by atoms with Gasteiger partial charge in [0, 0.05) is 30.0 Å². The number of pyridine rings is 1. The highest BCUT2D eigenvalue weighted by Gasteiger charge is 2.28. The molecule has 1 atom stereocenters. The number of fused-ring (bicyclic) bond motifs is 1. The minimum atomic E-state index is -0.0619. The number of amides is 2. The van der Waals surface area contributed by atoms with E-state index in [0.29, 0.717) is 0 Å². The van der Waals surface area contributed by atoms with Crippen LogP contribution >= 0.6 is 0 Å². The zero-order valence-electron chi connectivity index (χ0n) is 14.2. The Morgan fingerprint density at radius 3 is 3.04 bits per heavy atom. The second-order valence-corrected chi connectivity index (χ2v) is 6.53. The summed E-state index contributed by atoms with van der Waals surface area (Å²) in [5.41, 5.74) is 2.72. The second-order valence-electron chi connectivity index (χ2n) is 6.53. The quantitative estimate of drug-likeness (QED) is 0.725. The Balaban J connectivity index is 1.55. The van der Waals surface area contributed by atoms with Gasteiger partial charge in [0.15, 0.2) is 0 Å². The lowest BCUT2D eigenvalue weighted by Gasteiger charge is -2.35. The number of hydrogen-bond acceptors (Lipinski definition) is 3. The molecule has 1 saturated heterocycles. The Hall–Kier alpha value is -2.82. The Morgan fingerprint density at radius 1 is 1.28 bits per heavy atom. The molecule has 0 saturated carbocycles. The van der Waals surface area contributed by atoms with Gasteiger partial charge in [0.05, 0.1) is 6.04 Å². The number of aryl methyl sites for hydroxylation is 1. The molecule has 0 unspecified atom stereocenters. The van der Waals surface area contributed by atoms with Crippen molar-refractivity contribution in [1.82, 2.24) is 9.88 Å². The Bertz CT molecular complexity index is 888. The molecule has 5 nitrogen and oxygen atoms in total. The summed E-state index contributed by atoms with van der Waals surface area (Å²) in [5, 5.41) is 4.04. The van der Waals surface area contributed by atoms with E-state index in [0.717, 1.165) is 53.8 Å². The minimum absolute atomic E-state index is 0.0619. The maximum atomic E-state index is 12.9. The molecule has 1 N–H and O–H groups in total. The molecule has 0 aliphatic carbocycles. The molecule has 128 valence electrons. The summed E-state index contributed by atoms with van der Waals surface area (Å²) < 4.78 is 5.59. The molecule has 2 aromatic heterocycles. The lowest BCUT2D eigenvalue weighted by Crippen LogP contribution is -2.41. The van der Waals surface area contributed by atoms with Crippen molar-refractivity contribution >= 4 is 22.7 Å². The second kappa shape index (κ2) is 6.59. The van der Waals surface area contributed by atoms with Gasteiger partial charge in [-0.25, -0.2) is 4.79 Å². The van der Waals surface area contributed by atoms with E-state index in [9.17, 15) is 4.79 Å². The summed E-state index contributed by atoms with van der Waals surface area (Å²) in [6.45, 7) is 2.68. The average molecular weight is 335 g/mol. The highest BCUT2D eigenvalue weighted by atomic mass is 16.3. The number of carbonyl (C=O) groups is 1. The summed E-state index contributed by atoms with van der Waals surface area (Å²) in [5.74, 6) is 0.867. The van der Waals surface area contributed by atoms with Gasteiger partial charge in [0.1, 0.15) is 11.3 Å². The minimum Gasteiger partial charge on any atom is -0.461 e. The largest absolute Gasteiger partial charge is 0.461 e. The molecule has 2 amide bonds. The first-order chi connectivity index (χ1) is 12.2. The van der Waals surface area contributed by atoms with Crippen LogP contribution in [0.25, 0.3) is 11.0 Å². The molecule has 1 aliphatic rings. The highest BCUT2D eigenvalue weighted by Crippen LogP contribution is 2.31. The van der Waals surface area contributed by atoms with Gasteiger partial charge < -0.3 is 14.6 Å². The van der Waals surface area contributed by atoms with Crippen LogP contribution in [-0.4, -0.2) is 22.5 Å². The van der Waals surface area contributed by atoms with Crippen LogP contribution in [0.3, 0.4) is 0 Å². The fourth-order valence-corrected chi connectivity index (χ4v) is 3.54. The Labute approximate surface area is 146 Å². The van der Waals surface area contributed by atoms with Crippen LogP contribution < -0.4 is 5.32 Å². The predicted octanol–water partition coefficient (Wildman–Crippen LogP) is 4.90. The number of likely N-dealkylation sites (tertiary alicyclic amines) is 1. The summed E-state index contributed by atoms with van der Waals surface area (Å²) in [7, 11) is 0. The molecule has 1 aliphatic heterocycles. The van der Waals surface area contributed by atoms with Gasteiger partial charge in [0.2, 0.25) is 0 Å². The maximum Gasteiger partial charge on any atom is 0.322 e. The number of hydrogen-bond donors (Lipinski definition) is 1. The molecule has 0 radical (unpaired) electrons. The van der Waals surface area contributed by atoms with Crippen LogP contribution in [0.1, 0.15) is 36.6 Å². The fraction of sp³-hybridized carbons (Fsp3) is 0.300. The Morgan fingerprint density at radius 2 is 2.20 bits per heavy atom. The first-order valence-corrected chi connectivity index (χ1v) is 8.68. The van der Waals surface area contributed by atoms with E-state index in [2.05, 4.69) is 10.3 Å². The number of nitrogens with one attached hydrogen (secondary N) is 1. The third-order valence-electron chi connectivity index (χ3n) is 4.72. The molecule has 0 spiro atoms. The van der Waals surface area contributed by atoms with Crippen molar-refractivity contribution in [2.75, 3.05) is 11.9 Å². The van der Waals surface area contributed by atoms with Crippen molar-refractivity contribution in [3.63, 3.8) is 0 Å². The topological polar surface area (TPSA) is 58.4 Å². The van der Waals surface area contributed by atoms with E-state index in [1.807, 2.05) is 54.4 Å². The summed E-state index contributed by atoms with van der Waals surface area (Å²) in [4.78, 5) is 19.0. The summed E-state index contributed by atoms with van der Waals surface area (Å²) >= 11 is 0.